The molecule has 0 bridgehead atoms. The lowest BCUT2D eigenvalue weighted by Crippen LogP contribution is -1.99. The average Bonchev–Trinajstić information content (AvgIpc) is 2.74. The van der Waals surface area contributed by atoms with Crippen LogP contribution >= 0.6 is 0 Å². The van der Waals surface area contributed by atoms with Gasteiger partial charge in [0.2, 0.25) is 0 Å². The van der Waals surface area contributed by atoms with Gasteiger partial charge in [-0.1, -0.05) is 84.7 Å². The number of rotatable bonds is 12. The Balaban J connectivity index is 0. The third-order valence-corrected chi connectivity index (χ3v) is 5.63. The van der Waals surface area contributed by atoms with Crippen molar-refractivity contribution in [2.75, 3.05) is 0 Å². The summed E-state index contributed by atoms with van der Waals surface area (Å²) >= 11 is 0. The zero-order chi connectivity index (χ0) is 24.2. The van der Waals surface area contributed by atoms with Gasteiger partial charge in [0.05, 0.1) is 0 Å². The van der Waals surface area contributed by atoms with Gasteiger partial charge in [0, 0.05) is 0 Å². The molecule has 0 heteroatoms. The highest BCUT2D eigenvalue weighted by molar-refractivity contribution is 5.31. The van der Waals surface area contributed by atoms with Gasteiger partial charge in [-0.05, 0) is 99.8 Å². The standard InChI is InChI=1S/C15H24.C14H24.C2H6/c1-5-7-14(8-6-2)15-10-9-12(3)13(4)11-15;1-6-14(11-10-13(4)5)9-7-8-12(2)3;1-2/h9-11,14H,5-8H2,1-4H3;13H,1-2,7-11H2,3-5H3;1-2H3. The minimum Gasteiger partial charge on any atom is -0.130 e. The Bertz CT molecular complexity index is 619. The van der Waals surface area contributed by atoms with E-state index in [0.717, 1.165) is 31.1 Å². The zero-order valence-electron chi connectivity index (χ0n) is 22.7. The monoisotopic (exact) mass is 426 g/mol. The first kappa shape index (κ1) is 31.7. The number of allylic oxidation sites excluding steroid dienone is 2. The van der Waals surface area contributed by atoms with Crippen LogP contribution < -0.4 is 0 Å². The molecular formula is C31H54. The Morgan fingerprint density at radius 1 is 0.903 bits per heavy atom. The largest absolute Gasteiger partial charge is 0.130 e. The van der Waals surface area contributed by atoms with Crippen LogP contribution in [0.5, 0.6) is 0 Å². The molecule has 0 N–H and O–H groups in total. The number of hydrogen-bond acceptors (Lipinski definition) is 0. The molecule has 1 aromatic rings. The summed E-state index contributed by atoms with van der Waals surface area (Å²) in [6.07, 6.45) is 11.1. The van der Waals surface area contributed by atoms with E-state index in [0.29, 0.717) is 0 Å². The molecule has 0 saturated heterocycles. The Morgan fingerprint density at radius 2 is 1.48 bits per heavy atom. The van der Waals surface area contributed by atoms with Crippen LogP contribution in [0, 0.1) is 19.8 Å². The van der Waals surface area contributed by atoms with Gasteiger partial charge in [0.1, 0.15) is 0 Å². The molecule has 0 radical (unpaired) electrons. The number of aryl methyl sites for hydroxylation is 2. The van der Waals surface area contributed by atoms with Crippen LogP contribution in [0.25, 0.3) is 0 Å². The van der Waals surface area contributed by atoms with E-state index < -0.39 is 0 Å². The smallest absolute Gasteiger partial charge is 0.0162 e. The minimum absolute atomic E-state index is 0.777. The van der Waals surface area contributed by atoms with Crippen molar-refractivity contribution in [1.82, 2.24) is 0 Å². The van der Waals surface area contributed by atoms with E-state index in [9.17, 15) is 0 Å². The van der Waals surface area contributed by atoms with Crippen LogP contribution in [-0.4, -0.2) is 0 Å². The van der Waals surface area contributed by atoms with E-state index in [1.807, 2.05) is 13.8 Å². The molecule has 0 unspecified atom stereocenters. The second kappa shape index (κ2) is 20.4. The lowest BCUT2D eigenvalue weighted by molar-refractivity contribution is 0.560. The van der Waals surface area contributed by atoms with E-state index in [1.54, 1.807) is 5.56 Å². The summed E-state index contributed by atoms with van der Waals surface area (Å²) in [4.78, 5) is 0. The van der Waals surface area contributed by atoms with Gasteiger partial charge in [-0.15, -0.1) is 12.3 Å². The maximum Gasteiger partial charge on any atom is -0.0162 e. The molecule has 1 rings (SSSR count). The SMILES string of the molecule is C=C=C(CCCC(=C)C)CCC(C)C.CC.CCCC(CCC)c1ccc(C)c(C)c1. The van der Waals surface area contributed by atoms with Crippen molar-refractivity contribution >= 4 is 0 Å². The normalized spacial score (nSPS) is 10.0. The third kappa shape index (κ3) is 16.8. The molecule has 0 heterocycles. The predicted molar refractivity (Wildman–Crippen MR) is 145 cm³/mol. The second-order valence-electron chi connectivity index (χ2n) is 9.14. The van der Waals surface area contributed by atoms with Crippen molar-refractivity contribution < 1.29 is 0 Å². The van der Waals surface area contributed by atoms with E-state index >= 15 is 0 Å². The highest BCUT2D eigenvalue weighted by Gasteiger charge is 2.10. The number of hydrogen-bond donors (Lipinski definition) is 0. The van der Waals surface area contributed by atoms with Crippen molar-refractivity contribution in [3.63, 3.8) is 0 Å². The van der Waals surface area contributed by atoms with Gasteiger partial charge in [0.25, 0.3) is 0 Å². The van der Waals surface area contributed by atoms with Crippen LogP contribution in [0.3, 0.4) is 0 Å². The molecule has 1 aromatic carbocycles. The molecule has 0 fully saturated rings. The van der Waals surface area contributed by atoms with Gasteiger partial charge in [-0.2, -0.15) is 0 Å². The molecule has 0 nitrogen and oxygen atoms in total. The Labute approximate surface area is 196 Å². The maximum absolute atomic E-state index is 3.91. The van der Waals surface area contributed by atoms with Crippen molar-refractivity contribution in [1.29, 1.82) is 0 Å². The molecule has 0 aliphatic carbocycles. The molecule has 0 aliphatic rings. The van der Waals surface area contributed by atoms with Crippen LogP contribution in [0.2, 0.25) is 0 Å². The summed E-state index contributed by atoms with van der Waals surface area (Å²) in [5, 5.41) is 0. The van der Waals surface area contributed by atoms with Crippen molar-refractivity contribution in [3.05, 3.63) is 64.9 Å². The average molecular weight is 427 g/mol. The molecule has 0 aliphatic heterocycles. The zero-order valence-corrected chi connectivity index (χ0v) is 22.7. The molecular weight excluding hydrogens is 372 g/mol. The van der Waals surface area contributed by atoms with Crippen LogP contribution in [-0.2, 0) is 0 Å². The fourth-order valence-corrected chi connectivity index (χ4v) is 3.56. The topological polar surface area (TPSA) is 0 Å². The summed E-state index contributed by atoms with van der Waals surface area (Å²) in [5.74, 6) is 1.55. The predicted octanol–water partition coefficient (Wildman–Crippen LogP) is 10.9. The fourth-order valence-electron chi connectivity index (χ4n) is 3.56. The van der Waals surface area contributed by atoms with E-state index in [1.165, 1.54) is 60.8 Å². The molecule has 0 spiro atoms. The lowest BCUT2D eigenvalue weighted by atomic mass is 9.89. The first-order valence-electron chi connectivity index (χ1n) is 12.8. The van der Waals surface area contributed by atoms with Gasteiger partial charge < -0.3 is 0 Å². The Morgan fingerprint density at radius 3 is 1.90 bits per heavy atom. The Hall–Kier alpha value is -1.52. The van der Waals surface area contributed by atoms with Crippen LogP contribution in [0.1, 0.15) is 129 Å². The highest BCUT2D eigenvalue weighted by atomic mass is 14.1. The highest BCUT2D eigenvalue weighted by Crippen LogP contribution is 2.27. The summed E-state index contributed by atoms with van der Waals surface area (Å²) < 4.78 is 0. The Kier molecular flexibility index (Phi) is 20.8. The van der Waals surface area contributed by atoms with Crippen LogP contribution in [0.15, 0.2) is 48.2 Å². The van der Waals surface area contributed by atoms with Gasteiger partial charge in [0.15, 0.2) is 0 Å². The third-order valence-electron chi connectivity index (χ3n) is 5.63. The summed E-state index contributed by atoms with van der Waals surface area (Å²) in [5.41, 5.74) is 10.1. The second-order valence-corrected chi connectivity index (χ2v) is 9.14. The van der Waals surface area contributed by atoms with E-state index in [-0.39, 0.29) is 0 Å². The van der Waals surface area contributed by atoms with Crippen molar-refractivity contribution in [2.24, 2.45) is 5.92 Å². The van der Waals surface area contributed by atoms with Gasteiger partial charge in [-0.25, -0.2) is 0 Å². The van der Waals surface area contributed by atoms with Crippen molar-refractivity contribution in [3.8, 4) is 0 Å². The first-order valence-corrected chi connectivity index (χ1v) is 12.8. The molecule has 178 valence electrons. The van der Waals surface area contributed by atoms with Gasteiger partial charge in [-0.3, -0.25) is 0 Å². The summed E-state index contributed by atoms with van der Waals surface area (Å²) in [6.45, 7) is 27.2. The number of benzene rings is 1. The lowest BCUT2D eigenvalue weighted by Gasteiger charge is -2.17. The fraction of sp³-hybridized carbons (Fsp3) is 0.645. The summed E-state index contributed by atoms with van der Waals surface area (Å²) in [7, 11) is 0. The molecule has 0 amide bonds. The summed E-state index contributed by atoms with van der Waals surface area (Å²) in [6, 6.07) is 6.96. The maximum atomic E-state index is 3.91. The molecule has 31 heavy (non-hydrogen) atoms. The van der Waals surface area contributed by atoms with Crippen molar-refractivity contribution in [2.45, 2.75) is 126 Å². The molecule has 0 atom stereocenters. The molecule has 0 saturated carbocycles. The van der Waals surface area contributed by atoms with E-state index in [4.69, 9.17) is 0 Å². The first-order chi connectivity index (χ1) is 14.7. The molecule has 0 aromatic heterocycles. The van der Waals surface area contributed by atoms with Gasteiger partial charge >= 0.3 is 0 Å². The quantitative estimate of drug-likeness (QED) is 0.230. The van der Waals surface area contributed by atoms with E-state index in [2.05, 4.69) is 85.6 Å². The minimum atomic E-state index is 0.777. The van der Waals surface area contributed by atoms with Crippen LogP contribution in [0.4, 0.5) is 0 Å².